The number of rotatable bonds is 4. The molecule has 0 atom stereocenters. The number of fused-ring (bicyclic) bond motifs is 3. The second kappa shape index (κ2) is 8.59. The van der Waals surface area contributed by atoms with Gasteiger partial charge in [0.2, 0.25) is 0 Å². The van der Waals surface area contributed by atoms with Gasteiger partial charge in [-0.3, -0.25) is 9.59 Å². The van der Waals surface area contributed by atoms with E-state index in [1.165, 1.54) is 24.3 Å². The van der Waals surface area contributed by atoms with Gasteiger partial charge in [0, 0.05) is 12.3 Å². The highest BCUT2D eigenvalue weighted by Gasteiger charge is 2.40. The van der Waals surface area contributed by atoms with Gasteiger partial charge in [-0.1, -0.05) is 0 Å². The van der Waals surface area contributed by atoms with E-state index in [4.69, 9.17) is 9.47 Å². The third-order valence-corrected chi connectivity index (χ3v) is 5.88. The zero-order valence-corrected chi connectivity index (χ0v) is 19.5. The summed E-state index contributed by atoms with van der Waals surface area (Å²) < 4.78 is 38.5. The molecular weight excluding hydrogens is 490 g/mol. The van der Waals surface area contributed by atoms with E-state index in [9.17, 15) is 28.0 Å². The van der Waals surface area contributed by atoms with Crippen LogP contribution in [0.4, 0.5) is 14.5 Å². The number of carbonyl (C=O) groups excluding carboxylic acids is 4. The summed E-state index contributed by atoms with van der Waals surface area (Å²) in [7, 11) is 2.28. The van der Waals surface area contributed by atoms with Crippen LogP contribution in [0, 0.1) is 18.6 Å². The monoisotopic (exact) mass is 506 g/mol. The molecule has 186 valence electrons. The van der Waals surface area contributed by atoms with Crippen LogP contribution in [0.1, 0.15) is 47.1 Å². The fourth-order valence-corrected chi connectivity index (χ4v) is 4.23. The number of esters is 2. The first-order valence-corrected chi connectivity index (χ1v) is 10.7. The third-order valence-electron chi connectivity index (χ3n) is 5.88. The normalized spacial score (nSPS) is 12.7. The van der Waals surface area contributed by atoms with Gasteiger partial charge in [-0.25, -0.2) is 32.9 Å². The molecule has 37 heavy (non-hydrogen) atoms. The Bertz CT molecular complexity index is 1650. The highest BCUT2D eigenvalue weighted by Crippen LogP contribution is 2.35. The molecular formula is C25H16F2N4O6. The predicted molar refractivity (Wildman–Crippen MR) is 124 cm³/mol. The summed E-state index contributed by atoms with van der Waals surface area (Å²) in [6.07, 6.45) is 1.16. The molecule has 0 N–H and O–H groups in total. The van der Waals surface area contributed by atoms with Crippen LogP contribution in [0.25, 0.3) is 16.7 Å². The summed E-state index contributed by atoms with van der Waals surface area (Å²) >= 11 is 0. The summed E-state index contributed by atoms with van der Waals surface area (Å²) in [6.45, 7) is 1.55. The second-order valence-corrected chi connectivity index (χ2v) is 8.04. The van der Waals surface area contributed by atoms with Crippen LogP contribution >= 0.6 is 0 Å². The molecule has 5 rings (SSSR count). The second-order valence-electron chi connectivity index (χ2n) is 8.04. The van der Waals surface area contributed by atoms with Crippen LogP contribution < -0.4 is 4.90 Å². The van der Waals surface area contributed by atoms with Crippen molar-refractivity contribution in [1.29, 1.82) is 0 Å². The Kier molecular flexibility index (Phi) is 5.51. The molecule has 1 aliphatic heterocycles. The molecule has 2 aromatic heterocycles. The van der Waals surface area contributed by atoms with E-state index in [1.54, 1.807) is 6.92 Å². The average molecular weight is 506 g/mol. The number of benzene rings is 2. The van der Waals surface area contributed by atoms with Gasteiger partial charge < -0.3 is 9.47 Å². The van der Waals surface area contributed by atoms with Crippen molar-refractivity contribution in [2.75, 3.05) is 19.1 Å². The first kappa shape index (κ1) is 23.7. The zero-order valence-electron chi connectivity index (χ0n) is 19.5. The molecule has 1 aliphatic rings. The number of pyridine rings is 1. The smallest absolute Gasteiger partial charge is 0.337 e. The number of carbonyl (C=O) groups is 4. The lowest BCUT2D eigenvalue weighted by atomic mass is 10.1. The first-order chi connectivity index (χ1) is 17.7. The molecule has 0 bridgehead atoms. The Morgan fingerprint density at radius 2 is 1.57 bits per heavy atom. The number of hydrogen-bond acceptors (Lipinski definition) is 8. The summed E-state index contributed by atoms with van der Waals surface area (Å²) in [5.41, 5.74) is -0.0986. The summed E-state index contributed by atoms with van der Waals surface area (Å²) in [5, 5.41) is 4.46. The average Bonchev–Trinajstić information content (AvgIpc) is 3.35. The van der Waals surface area contributed by atoms with E-state index >= 15 is 0 Å². The van der Waals surface area contributed by atoms with Crippen molar-refractivity contribution in [1.82, 2.24) is 14.8 Å². The standard InChI is InChI=1S/C25H16F2N4O6/c1-11-19-20-16(10-28-21(19)31(29-11)18-5-4-14(26)9-17(18)27)22(32)30(23(20)33)15-7-12(24(34)36-2)6-13(8-15)25(35)37-3/h4-10H,1-3H3. The Morgan fingerprint density at radius 3 is 2.16 bits per heavy atom. The quantitative estimate of drug-likeness (QED) is 0.305. The predicted octanol–water partition coefficient (Wildman–Crippen LogP) is 3.38. The highest BCUT2D eigenvalue weighted by molar-refractivity contribution is 6.37. The van der Waals surface area contributed by atoms with Crippen LogP contribution in [0.3, 0.4) is 0 Å². The van der Waals surface area contributed by atoms with Gasteiger partial charge in [0.25, 0.3) is 11.8 Å². The molecule has 3 heterocycles. The number of amides is 2. The highest BCUT2D eigenvalue weighted by atomic mass is 19.1. The zero-order chi connectivity index (χ0) is 26.6. The van der Waals surface area contributed by atoms with Crippen LogP contribution in [-0.4, -0.2) is 52.7 Å². The molecule has 0 fully saturated rings. The maximum absolute atomic E-state index is 14.5. The summed E-state index contributed by atoms with van der Waals surface area (Å²) in [4.78, 5) is 56.4. The minimum atomic E-state index is -0.898. The van der Waals surface area contributed by atoms with E-state index in [1.807, 2.05) is 0 Å². The molecule has 12 heteroatoms. The van der Waals surface area contributed by atoms with Crippen LogP contribution in [-0.2, 0) is 9.47 Å². The number of imide groups is 1. The number of hydrogen-bond donors (Lipinski definition) is 0. The number of ether oxygens (including phenoxy) is 2. The molecule has 10 nitrogen and oxygen atoms in total. The van der Waals surface area contributed by atoms with Gasteiger partial charge in [-0.2, -0.15) is 5.10 Å². The van der Waals surface area contributed by atoms with Crippen LogP contribution in [0.2, 0.25) is 0 Å². The molecule has 0 unspecified atom stereocenters. The largest absolute Gasteiger partial charge is 0.465 e. The Labute approximate surface area is 207 Å². The van der Waals surface area contributed by atoms with Gasteiger partial charge in [0.1, 0.15) is 11.5 Å². The molecule has 2 aromatic carbocycles. The Hall–Kier alpha value is -5.00. The topological polar surface area (TPSA) is 121 Å². The van der Waals surface area contributed by atoms with Crippen molar-refractivity contribution in [3.05, 3.63) is 82.2 Å². The van der Waals surface area contributed by atoms with Gasteiger partial charge in [-0.15, -0.1) is 0 Å². The minimum absolute atomic E-state index is 0.0376. The molecule has 0 radical (unpaired) electrons. The molecule has 4 aromatic rings. The van der Waals surface area contributed by atoms with E-state index < -0.39 is 35.4 Å². The van der Waals surface area contributed by atoms with Crippen molar-refractivity contribution in [3.8, 4) is 5.69 Å². The Morgan fingerprint density at radius 1 is 0.919 bits per heavy atom. The Balaban J connectivity index is 1.68. The van der Waals surface area contributed by atoms with Gasteiger partial charge in [0.05, 0.1) is 53.2 Å². The summed E-state index contributed by atoms with van der Waals surface area (Å²) in [5.74, 6) is -4.80. The number of anilines is 1. The molecule has 0 saturated heterocycles. The van der Waals surface area contributed by atoms with Crippen molar-refractivity contribution >= 4 is 40.5 Å². The third kappa shape index (κ3) is 3.61. The fraction of sp³-hybridized carbons (Fsp3) is 0.120. The number of nitrogens with zero attached hydrogens (tertiary/aromatic N) is 4. The molecule has 0 saturated carbocycles. The molecule has 2 amide bonds. The lowest BCUT2D eigenvalue weighted by Crippen LogP contribution is -2.30. The number of halogens is 2. The SMILES string of the molecule is COC(=O)c1cc(C(=O)OC)cc(N2C(=O)c3cnc4c(c(C)nn4-c4ccc(F)cc4F)c3C2=O)c1. The van der Waals surface area contributed by atoms with Crippen molar-refractivity contribution in [3.63, 3.8) is 0 Å². The van der Waals surface area contributed by atoms with E-state index in [0.29, 0.717) is 6.07 Å². The van der Waals surface area contributed by atoms with E-state index in [2.05, 4.69) is 10.1 Å². The fourth-order valence-electron chi connectivity index (χ4n) is 4.23. The number of aryl methyl sites for hydroxylation is 1. The number of methoxy groups -OCH3 is 2. The lowest BCUT2D eigenvalue weighted by molar-refractivity contribution is 0.0597. The minimum Gasteiger partial charge on any atom is -0.465 e. The van der Waals surface area contributed by atoms with Gasteiger partial charge >= 0.3 is 11.9 Å². The van der Waals surface area contributed by atoms with Gasteiger partial charge in [-0.05, 0) is 37.3 Å². The van der Waals surface area contributed by atoms with E-state index in [-0.39, 0.29) is 50.4 Å². The van der Waals surface area contributed by atoms with Crippen molar-refractivity contribution in [2.45, 2.75) is 6.92 Å². The van der Waals surface area contributed by atoms with Crippen molar-refractivity contribution in [2.24, 2.45) is 0 Å². The lowest BCUT2D eigenvalue weighted by Gasteiger charge is -2.16. The molecule has 0 aliphatic carbocycles. The maximum atomic E-state index is 14.5. The van der Waals surface area contributed by atoms with E-state index in [0.717, 1.165) is 36.1 Å². The van der Waals surface area contributed by atoms with Crippen LogP contribution in [0.5, 0.6) is 0 Å². The molecule has 0 spiro atoms. The van der Waals surface area contributed by atoms with Crippen LogP contribution in [0.15, 0.2) is 42.6 Å². The number of aromatic nitrogens is 3. The summed E-state index contributed by atoms with van der Waals surface area (Å²) in [6, 6.07) is 6.60. The van der Waals surface area contributed by atoms with Gasteiger partial charge in [0.15, 0.2) is 11.5 Å². The maximum Gasteiger partial charge on any atom is 0.337 e. The first-order valence-electron chi connectivity index (χ1n) is 10.7. The van der Waals surface area contributed by atoms with Crippen molar-refractivity contribution < 1.29 is 37.4 Å².